The average molecular weight is 183 g/mol. The van der Waals surface area contributed by atoms with Crippen LogP contribution in [-0.4, -0.2) is 12.1 Å². The van der Waals surface area contributed by atoms with Gasteiger partial charge in [-0.05, 0) is 12.8 Å². The van der Waals surface area contributed by atoms with E-state index in [0.29, 0.717) is 0 Å². The van der Waals surface area contributed by atoms with Crippen molar-refractivity contribution in [2.24, 2.45) is 17.1 Å². The maximum absolute atomic E-state index is 12.3. The van der Waals surface area contributed by atoms with E-state index in [1.54, 1.807) is 0 Å². The van der Waals surface area contributed by atoms with Gasteiger partial charge in [-0.1, -0.05) is 13.8 Å². The molecule has 0 aromatic rings. The molecule has 0 rings (SSSR count). The summed E-state index contributed by atoms with van der Waals surface area (Å²) in [6.45, 7) is 3.45. The SMILES string of the molecule is CC(C)[C@@](C)(C(N)=O)C(F)(F)F. The fourth-order valence-electron chi connectivity index (χ4n) is 0.752. The number of carbonyl (C=O) groups excluding carboxylic acids is 1. The van der Waals surface area contributed by atoms with Crippen molar-refractivity contribution in [3.05, 3.63) is 0 Å². The summed E-state index contributed by atoms with van der Waals surface area (Å²) in [6, 6.07) is 0. The molecule has 0 aliphatic rings. The van der Waals surface area contributed by atoms with E-state index >= 15 is 0 Å². The van der Waals surface area contributed by atoms with Crippen LogP contribution in [0.3, 0.4) is 0 Å². The maximum atomic E-state index is 12.3. The zero-order chi connectivity index (χ0) is 10.2. The third-order valence-electron chi connectivity index (χ3n) is 2.26. The highest BCUT2D eigenvalue weighted by atomic mass is 19.4. The number of nitrogens with two attached hydrogens (primary N) is 1. The van der Waals surface area contributed by atoms with Gasteiger partial charge in [-0.25, -0.2) is 0 Å². The molecular formula is C7H12F3NO. The molecule has 72 valence electrons. The van der Waals surface area contributed by atoms with Gasteiger partial charge in [0.2, 0.25) is 5.91 Å². The van der Waals surface area contributed by atoms with Crippen molar-refractivity contribution < 1.29 is 18.0 Å². The summed E-state index contributed by atoms with van der Waals surface area (Å²) in [5.74, 6) is -2.18. The second-order valence-electron chi connectivity index (χ2n) is 3.22. The number of hydrogen-bond acceptors (Lipinski definition) is 1. The van der Waals surface area contributed by atoms with Crippen molar-refractivity contribution in [2.75, 3.05) is 0 Å². The third-order valence-corrected chi connectivity index (χ3v) is 2.26. The zero-order valence-corrected chi connectivity index (χ0v) is 7.20. The maximum Gasteiger partial charge on any atom is 0.403 e. The highest BCUT2D eigenvalue weighted by molar-refractivity contribution is 5.81. The number of alkyl halides is 3. The summed E-state index contributed by atoms with van der Waals surface area (Å²) in [4.78, 5) is 10.6. The van der Waals surface area contributed by atoms with Crippen LogP contribution in [-0.2, 0) is 4.79 Å². The minimum absolute atomic E-state index is 0.819. The highest BCUT2D eigenvalue weighted by Crippen LogP contribution is 2.43. The minimum Gasteiger partial charge on any atom is -0.369 e. The first kappa shape index (κ1) is 11.3. The highest BCUT2D eigenvalue weighted by Gasteiger charge is 2.57. The van der Waals surface area contributed by atoms with Crippen LogP contribution in [0, 0.1) is 11.3 Å². The number of hydrogen-bond donors (Lipinski definition) is 1. The van der Waals surface area contributed by atoms with Gasteiger partial charge in [-0.15, -0.1) is 0 Å². The number of primary amides is 1. The average Bonchev–Trinajstić information content (AvgIpc) is 1.82. The van der Waals surface area contributed by atoms with Crippen LogP contribution in [0.25, 0.3) is 0 Å². The molecule has 0 unspecified atom stereocenters. The van der Waals surface area contributed by atoms with E-state index in [-0.39, 0.29) is 0 Å². The Bertz CT molecular complexity index is 188. The van der Waals surface area contributed by atoms with E-state index in [1.807, 2.05) is 0 Å². The molecule has 0 aromatic heterocycles. The van der Waals surface area contributed by atoms with Gasteiger partial charge >= 0.3 is 6.18 Å². The monoisotopic (exact) mass is 183 g/mol. The Labute approximate surface area is 68.9 Å². The first-order valence-electron chi connectivity index (χ1n) is 3.50. The van der Waals surface area contributed by atoms with Crippen molar-refractivity contribution in [1.29, 1.82) is 0 Å². The lowest BCUT2D eigenvalue weighted by Crippen LogP contribution is -2.50. The van der Waals surface area contributed by atoms with Gasteiger partial charge in [0.25, 0.3) is 0 Å². The van der Waals surface area contributed by atoms with Crippen LogP contribution >= 0.6 is 0 Å². The Hall–Kier alpha value is -0.740. The van der Waals surface area contributed by atoms with E-state index in [1.165, 1.54) is 13.8 Å². The summed E-state index contributed by atoms with van der Waals surface area (Å²) in [6.07, 6.45) is -4.58. The summed E-state index contributed by atoms with van der Waals surface area (Å²) >= 11 is 0. The molecule has 1 amide bonds. The third kappa shape index (κ3) is 1.54. The first-order chi connectivity index (χ1) is 5.14. The standard InChI is InChI=1S/C7H12F3NO/c1-4(2)6(3,5(11)12)7(8,9)10/h4H,1-3H3,(H2,11,12)/t6-/m0/s1. The predicted molar refractivity (Wildman–Crippen MR) is 38.2 cm³/mol. The lowest BCUT2D eigenvalue weighted by Gasteiger charge is -2.32. The van der Waals surface area contributed by atoms with E-state index in [9.17, 15) is 18.0 Å². The van der Waals surface area contributed by atoms with E-state index in [0.717, 1.165) is 6.92 Å². The predicted octanol–water partition coefficient (Wildman–Crippen LogP) is 1.70. The van der Waals surface area contributed by atoms with E-state index in [4.69, 9.17) is 5.73 Å². The number of carbonyl (C=O) groups is 1. The van der Waals surface area contributed by atoms with Crippen LogP contribution in [0.2, 0.25) is 0 Å². The molecule has 1 atom stereocenters. The van der Waals surface area contributed by atoms with Crippen LogP contribution in [0.4, 0.5) is 13.2 Å². The van der Waals surface area contributed by atoms with Crippen molar-refractivity contribution in [1.82, 2.24) is 0 Å². The molecule has 12 heavy (non-hydrogen) atoms. The Kier molecular flexibility index (Phi) is 2.77. The van der Waals surface area contributed by atoms with Crippen molar-refractivity contribution in [2.45, 2.75) is 26.9 Å². The van der Waals surface area contributed by atoms with Gasteiger partial charge in [-0.2, -0.15) is 13.2 Å². The van der Waals surface area contributed by atoms with Crippen molar-refractivity contribution in [3.63, 3.8) is 0 Å². The Morgan fingerprint density at radius 1 is 1.33 bits per heavy atom. The molecule has 0 aliphatic heterocycles. The summed E-state index contributed by atoms with van der Waals surface area (Å²) < 4.78 is 36.9. The molecule has 0 fully saturated rings. The topological polar surface area (TPSA) is 43.1 Å². The lowest BCUT2D eigenvalue weighted by atomic mass is 9.78. The van der Waals surface area contributed by atoms with Gasteiger partial charge in [0.15, 0.2) is 0 Å². The zero-order valence-electron chi connectivity index (χ0n) is 7.20. The normalized spacial score (nSPS) is 17.6. The smallest absolute Gasteiger partial charge is 0.369 e. The molecule has 0 aliphatic carbocycles. The van der Waals surface area contributed by atoms with Gasteiger partial charge < -0.3 is 5.73 Å². The van der Waals surface area contributed by atoms with Crippen molar-refractivity contribution >= 4 is 5.91 Å². The van der Waals surface area contributed by atoms with Crippen LogP contribution in [0.1, 0.15) is 20.8 Å². The van der Waals surface area contributed by atoms with Gasteiger partial charge in [0.05, 0.1) is 0 Å². The number of rotatable bonds is 2. The molecule has 0 saturated carbocycles. The van der Waals surface area contributed by atoms with Crippen LogP contribution in [0.5, 0.6) is 0 Å². The van der Waals surface area contributed by atoms with Gasteiger partial charge in [-0.3, -0.25) is 4.79 Å². The molecule has 0 saturated heterocycles. The molecule has 0 radical (unpaired) electrons. The van der Waals surface area contributed by atoms with Crippen molar-refractivity contribution in [3.8, 4) is 0 Å². The Balaban J connectivity index is 5.02. The molecule has 0 bridgehead atoms. The van der Waals surface area contributed by atoms with Gasteiger partial charge in [0.1, 0.15) is 5.41 Å². The minimum atomic E-state index is -4.58. The fourth-order valence-corrected chi connectivity index (χ4v) is 0.752. The number of halogens is 3. The summed E-state index contributed by atoms with van der Waals surface area (Å²) in [5, 5.41) is 0. The number of amides is 1. The van der Waals surface area contributed by atoms with Crippen LogP contribution in [0.15, 0.2) is 0 Å². The van der Waals surface area contributed by atoms with Crippen LogP contribution < -0.4 is 5.73 Å². The molecular weight excluding hydrogens is 171 g/mol. The van der Waals surface area contributed by atoms with Gasteiger partial charge in [0, 0.05) is 0 Å². The summed E-state index contributed by atoms with van der Waals surface area (Å²) in [7, 11) is 0. The molecule has 2 nitrogen and oxygen atoms in total. The second-order valence-corrected chi connectivity index (χ2v) is 3.22. The largest absolute Gasteiger partial charge is 0.403 e. The fraction of sp³-hybridized carbons (Fsp3) is 0.857. The first-order valence-corrected chi connectivity index (χ1v) is 3.50. The lowest BCUT2D eigenvalue weighted by molar-refractivity contribution is -0.226. The molecule has 0 aromatic carbocycles. The summed E-state index contributed by atoms with van der Waals surface area (Å²) in [5.41, 5.74) is 2.28. The van der Waals surface area contributed by atoms with E-state index < -0.39 is 23.4 Å². The molecule has 0 heterocycles. The quantitative estimate of drug-likeness (QED) is 0.695. The molecule has 0 spiro atoms. The molecule has 2 N–H and O–H groups in total. The van der Waals surface area contributed by atoms with E-state index in [2.05, 4.69) is 0 Å². The molecule has 5 heteroatoms. The second kappa shape index (κ2) is 2.95. The Morgan fingerprint density at radius 3 is 1.67 bits per heavy atom. The Morgan fingerprint density at radius 2 is 1.67 bits per heavy atom.